The van der Waals surface area contributed by atoms with Crippen LogP contribution >= 0.6 is 0 Å². The van der Waals surface area contributed by atoms with Crippen LogP contribution in [0.25, 0.3) is 16.9 Å². The normalized spacial score (nSPS) is 12.7. The Hall–Kier alpha value is -5.13. The number of nitrogens with zero attached hydrogens (tertiary/aromatic N) is 2. The van der Waals surface area contributed by atoms with Gasteiger partial charge >= 0.3 is 11.9 Å². The maximum absolute atomic E-state index is 13.5. The molecule has 11 nitrogen and oxygen atoms in total. The maximum atomic E-state index is 13.5. The highest BCUT2D eigenvalue weighted by Crippen LogP contribution is 2.38. The van der Waals surface area contributed by atoms with Gasteiger partial charge in [-0.25, -0.2) is 9.37 Å². The predicted molar refractivity (Wildman–Crippen MR) is 136 cm³/mol. The maximum Gasteiger partial charge on any atom is 0.325 e. The summed E-state index contributed by atoms with van der Waals surface area (Å²) in [5, 5.41) is 15.2. The molecule has 5 rings (SSSR count). The summed E-state index contributed by atoms with van der Waals surface area (Å²) >= 11 is 0. The summed E-state index contributed by atoms with van der Waals surface area (Å²) in [6.45, 7) is -0.0726. The van der Waals surface area contributed by atoms with Gasteiger partial charge in [0.15, 0.2) is 17.1 Å². The third-order valence-corrected chi connectivity index (χ3v) is 6.12. The number of carboxylic acids is 1. The number of esters is 1. The zero-order valence-corrected chi connectivity index (χ0v) is 20.6. The molecule has 0 fully saturated rings. The van der Waals surface area contributed by atoms with E-state index in [1.165, 1.54) is 31.4 Å². The number of amides is 1. The minimum Gasteiger partial charge on any atom is -0.481 e. The lowest BCUT2D eigenvalue weighted by molar-refractivity contribution is -0.139. The SMILES string of the molecule is COC(=O)CNc1c(-c2ccc3c(c2)OCO3)nc2c(C(=O)NC(CC(=O)O)c3ccc(F)cc3)cccn12. The molecule has 39 heavy (non-hydrogen) atoms. The molecule has 4 aromatic rings. The highest BCUT2D eigenvalue weighted by molar-refractivity contribution is 6.01. The zero-order valence-electron chi connectivity index (χ0n) is 20.6. The van der Waals surface area contributed by atoms with Crippen LogP contribution in [0.3, 0.4) is 0 Å². The molecule has 0 aliphatic carbocycles. The fourth-order valence-electron chi connectivity index (χ4n) is 4.24. The quantitative estimate of drug-likeness (QED) is 0.276. The second-order valence-corrected chi connectivity index (χ2v) is 8.60. The van der Waals surface area contributed by atoms with E-state index in [2.05, 4.69) is 10.6 Å². The van der Waals surface area contributed by atoms with Gasteiger partial charge in [0.05, 0.1) is 25.1 Å². The Labute approximate surface area is 221 Å². The van der Waals surface area contributed by atoms with Crippen molar-refractivity contribution in [1.82, 2.24) is 14.7 Å². The van der Waals surface area contributed by atoms with Crippen molar-refractivity contribution >= 4 is 29.3 Å². The minimum atomic E-state index is -1.14. The molecule has 1 unspecified atom stereocenters. The Kier molecular flexibility index (Phi) is 7.00. The van der Waals surface area contributed by atoms with Gasteiger partial charge in [0, 0.05) is 11.8 Å². The first-order valence-corrected chi connectivity index (χ1v) is 11.8. The number of pyridine rings is 1. The predicted octanol–water partition coefficient (Wildman–Crippen LogP) is 3.40. The number of carbonyl (C=O) groups is 3. The third-order valence-electron chi connectivity index (χ3n) is 6.12. The number of carboxylic acid groups (broad SMARTS) is 1. The van der Waals surface area contributed by atoms with Gasteiger partial charge in [-0.05, 0) is 48.0 Å². The van der Waals surface area contributed by atoms with Crippen molar-refractivity contribution in [2.24, 2.45) is 0 Å². The Morgan fingerprint density at radius 2 is 1.90 bits per heavy atom. The van der Waals surface area contributed by atoms with E-state index in [1.807, 2.05) is 0 Å². The van der Waals surface area contributed by atoms with Crippen molar-refractivity contribution in [3.05, 3.63) is 77.7 Å². The summed E-state index contributed by atoms with van der Waals surface area (Å²) in [7, 11) is 1.27. The van der Waals surface area contributed by atoms with E-state index < -0.39 is 36.1 Å². The summed E-state index contributed by atoms with van der Waals surface area (Å²) in [6, 6.07) is 12.7. The first kappa shape index (κ1) is 25.5. The number of aromatic nitrogens is 2. The van der Waals surface area contributed by atoms with Gasteiger partial charge in [0.25, 0.3) is 5.91 Å². The highest BCUT2D eigenvalue weighted by atomic mass is 19.1. The molecule has 12 heteroatoms. The van der Waals surface area contributed by atoms with E-state index >= 15 is 0 Å². The average Bonchev–Trinajstić information content (AvgIpc) is 3.55. The molecule has 0 saturated carbocycles. The van der Waals surface area contributed by atoms with Gasteiger partial charge in [-0.3, -0.25) is 18.8 Å². The van der Waals surface area contributed by atoms with Crippen LogP contribution in [0.2, 0.25) is 0 Å². The Morgan fingerprint density at radius 3 is 2.64 bits per heavy atom. The van der Waals surface area contributed by atoms with Crippen molar-refractivity contribution < 1.29 is 38.1 Å². The average molecular weight is 535 g/mol. The van der Waals surface area contributed by atoms with Crippen LogP contribution in [0.1, 0.15) is 28.4 Å². The van der Waals surface area contributed by atoms with E-state index in [9.17, 15) is 23.9 Å². The summed E-state index contributed by atoms with van der Waals surface area (Å²) < 4.78 is 30.7. The number of ether oxygens (including phenoxy) is 3. The van der Waals surface area contributed by atoms with Gasteiger partial charge in [0.2, 0.25) is 6.79 Å². The number of imidazole rings is 1. The lowest BCUT2D eigenvalue weighted by atomic mass is 10.0. The number of anilines is 1. The molecule has 3 N–H and O–H groups in total. The number of halogens is 1. The van der Waals surface area contributed by atoms with Crippen LogP contribution in [-0.4, -0.2) is 52.8 Å². The molecule has 1 amide bonds. The highest BCUT2D eigenvalue weighted by Gasteiger charge is 2.24. The van der Waals surface area contributed by atoms with Crippen molar-refractivity contribution in [2.75, 3.05) is 25.8 Å². The summed E-state index contributed by atoms with van der Waals surface area (Å²) in [5.74, 6) is -1.18. The molecular weight excluding hydrogens is 511 g/mol. The minimum absolute atomic E-state index is 0.0906. The first-order chi connectivity index (χ1) is 18.8. The van der Waals surface area contributed by atoms with Crippen molar-refractivity contribution in [1.29, 1.82) is 0 Å². The molecule has 0 bridgehead atoms. The number of rotatable bonds is 9. The number of hydrogen-bond donors (Lipinski definition) is 3. The monoisotopic (exact) mass is 534 g/mol. The Balaban J connectivity index is 1.55. The molecule has 2 aromatic carbocycles. The topological polar surface area (TPSA) is 140 Å². The number of aliphatic carboxylic acids is 1. The van der Waals surface area contributed by atoms with Gasteiger partial charge < -0.3 is 30.0 Å². The van der Waals surface area contributed by atoms with E-state index in [-0.39, 0.29) is 24.5 Å². The number of nitrogens with one attached hydrogen (secondary N) is 2. The van der Waals surface area contributed by atoms with Crippen LogP contribution in [0.5, 0.6) is 11.5 Å². The fourth-order valence-corrected chi connectivity index (χ4v) is 4.24. The van der Waals surface area contributed by atoms with Gasteiger partial charge in [-0.1, -0.05) is 12.1 Å². The van der Waals surface area contributed by atoms with Crippen molar-refractivity contribution in [2.45, 2.75) is 12.5 Å². The molecular formula is C27H23FN4O7. The van der Waals surface area contributed by atoms with Crippen LogP contribution in [0.4, 0.5) is 10.2 Å². The Bertz CT molecular complexity index is 1570. The number of fused-ring (bicyclic) bond motifs is 2. The summed E-state index contributed by atoms with van der Waals surface area (Å²) in [6.07, 6.45) is 1.26. The van der Waals surface area contributed by atoms with E-state index in [1.54, 1.807) is 40.9 Å². The molecule has 0 saturated heterocycles. The smallest absolute Gasteiger partial charge is 0.325 e. The molecule has 1 aliphatic rings. The van der Waals surface area contributed by atoms with Crippen LogP contribution in [0, 0.1) is 5.82 Å². The number of carbonyl (C=O) groups excluding carboxylic acids is 2. The molecule has 1 aliphatic heterocycles. The van der Waals surface area contributed by atoms with E-state index in [4.69, 9.17) is 19.2 Å². The number of hydrogen-bond acceptors (Lipinski definition) is 8. The fraction of sp³-hybridized carbons (Fsp3) is 0.185. The van der Waals surface area contributed by atoms with E-state index in [0.717, 1.165) is 0 Å². The van der Waals surface area contributed by atoms with Gasteiger partial charge in [-0.15, -0.1) is 0 Å². The van der Waals surface area contributed by atoms with Crippen molar-refractivity contribution in [3.8, 4) is 22.8 Å². The standard InChI is InChI=1S/C27H23FN4O7/c1-37-23(35)13-29-26-24(16-6-9-20-21(11-16)39-14-38-20)31-25-18(3-2-10-32(25)26)27(36)30-19(12-22(33)34)15-4-7-17(28)8-5-15/h2-11,19,29H,12-14H2,1H3,(H,30,36)(H,33,34). The van der Waals surface area contributed by atoms with Crippen LogP contribution < -0.4 is 20.1 Å². The lowest BCUT2D eigenvalue weighted by Gasteiger charge is -2.18. The van der Waals surface area contributed by atoms with Crippen molar-refractivity contribution in [3.63, 3.8) is 0 Å². The first-order valence-electron chi connectivity index (χ1n) is 11.8. The summed E-state index contributed by atoms with van der Waals surface area (Å²) in [4.78, 5) is 41.6. The molecule has 1 atom stereocenters. The van der Waals surface area contributed by atoms with Crippen LogP contribution in [0.15, 0.2) is 60.8 Å². The zero-order chi connectivity index (χ0) is 27.5. The van der Waals surface area contributed by atoms with E-state index in [0.29, 0.717) is 34.1 Å². The third kappa shape index (κ3) is 5.30. The largest absolute Gasteiger partial charge is 0.481 e. The second kappa shape index (κ2) is 10.7. The molecule has 2 aromatic heterocycles. The lowest BCUT2D eigenvalue weighted by Crippen LogP contribution is -2.30. The molecule has 0 spiro atoms. The summed E-state index contributed by atoms with van der Waals surface area (Å²) in [5.41, 5.74) is 1.91. The second-order valence-electron chi connectivity index (χ2n) is 8.60. The van der Waals surface area contributed by atoms with Gasteiger partial charge in [-0.2, -0.15) is 0 Å². The molecule has 3 heterocycles. The van der Waals surface area contributed by atoms with Crippen LogP contribution in [-0.2, 0) is 14.3 Å². The number of methoxy groups -OCH3 is 1. The number of benzene rings is 2. The molecule has 0 radical (unpaired) electrons. The Morgan fingerprint density at radius 1 is 1.13 bits per heavy atom. The molecule has 200 valence electrons. The van der Waals surface area contributed by atoms with Gasteiger partial charge in [0.1, 0.15) is 23.9 Å².